The Morgan fingerprint density at radius 3 is 2.47 bits per heavy atom. The third-order valence-electron chi connectivity index (χ3n) is 2.21. The number of nitrogens with zero attached hydrogens (tertiary/aromatic N) is 2. The molecule has 2 N–H and O–H groups in total. The lowest BCUT2D eigenvalue weighted by Crippen LogP contribution is -2.47. The fraction of sp³-hybridized carbons (Fsp3) is 0.500. The van der Waals surface area contributed by atoms with Gasteiger partial charge in [0.25, 0.3) is 5.69 Å². The van der Waals surface area contributed by atoms with E-state index in [0.717, 1.165) is 6.20 Å². The third-order valence-corrected chi connectivity index (χ3v) is 2.21. The van der Waals surface area contributed by atoms with Crippen molar-refractivity contribution in [2.75, 3.05) is 5.32 Å². The van der Waals surface area contributed by atoms with Gasteiger partial charge in [-0.15, -0.1) is 0 Å². The SMILES string of the molecule is CC(Nc1ccc([N+](=O)[O-])cn1)C(=O)NC(C)(C)C. The third kappa shape index (κ3) is 4.90. The molecule has 0 bridgehead atoms. The number of carbonyl (C=O) groups excluding carboxylic acids is 1. The minimum absolute atomic E-state index is 0.0858. The average Bonchev–Trinajstić information content (AvgIpc) is 2.27. The summed E-state index contributed by atoms with van der Waals surface area (Å²) >= 11 is 0. The summed E-state index contributed by atoms with van der Waals surface area (Å²) in [5.41, 5.74) is -0.395. The van der Waals surface area contributed by atoms with Crippen LogP contribution in [0.25, 0.3) is 0 Å². The van der Waals surface area contributed by atoms with E-state index < -0.39 is 11.0 Å². The second-order valence-electron chi connectivity index (χ2n) is 5.26. The Bertz CT molecular complexity index is 465. The van der Waals surface area contributed by atoms with Crippen LogP contribution in [0.15, 0.2) is 18.3 Å². The van der Waals surface area contributed by atoms with Crippen LogP contribution in [0.4, 0.5) is 11.5 Å². The zero-order valence-electron chi connectivity index (χ0n) is 11.4. The molecule has 0 saturated heterocycles. The summed E-state index contributed by atoms with van der Waals surface area (Å²) in [5.74, 6) is 0.259. The lowest BCUT2D eigenvalue weighted by atomic mass is 10.1. The Morgan fingerprint density at radius 1 is 1.42 bits per heavy atom. The minimum atomic E-state index is -0.521. The number of amides is 1. The van der Waals surface area contributed by atoms with E-state index in [2.05, 4.69) is 15.6 Å². The van der Waals surface area contributed by atoms with Gasteiger partial charge in [0.1, 0.15) is 18.1 Å². The Labute approximate surface area is 111 Å². The Morgan fingerprint density at radius 2 is 2.05 bits per heavy atom. The molecule has 19 heavy (non-hydrogen) atoms. The van der Waals surface area contributed by atoms with Crippen LogP contribution < -0.4 is 10.6 Å². The van der Waals surface area contributed by atoms with Gasteiger partial charge in [0, 0.05) is 11.6 Å². The van der Waals surface area contributed by atoms with Crippen molar-refractivity contribution in [1.82, 2.24) is 10.3 Å². The monoisotopic (exact) mass is 266 g/mol. The molecule has 0 aromatic carbocycles. The zero-order chi connectivity index (χ0) is 14.6. The van der Waals surface area contributed by atoms with Gasteiger partial charge < -0.3 is 10.6 Å². The number of carbonyl (C=O) groups is 1. The summed E-state index contributed by atoms with van der Waals surface area (Å²) in [5, 5.41) is 16.2. The van der Waals surface area contributed by atoms with E-state index >= 15 is 0 Å². The molecule has 1 atom stereocenters. The summed E-state index contributed by atoms with van der Waals surface area (Å²) in [6, 6.07) is 2.33. The van der Waals surface area contributed by atoms with Crippen molar-refractivity contribution in [3.63, 3.8) is 0 Å². The van der Waals surface area contributed by atoms with Crippen molar-refractivity contribution in [2.45, 2.75) is 39.3 Å². The quantitative estimate of drug-likeness (QED) is 0.638. The molecule has 104 valence electrons. The first-order valence-electron chi connectivity index (χ1n) is 5.88. The van der Waals surface area contributed by atoms with Crippen molar-refractivity contribution in [2.24, 2.45) is 0 Å². The molecule has 0 saturated carbocycles. The van der Waals surface area contributed by atoms with E-state index in [1.54, 1.807) is 6.92 Å². The molecular weight excluding hydrogens is 248 g/mol. The molecule has 0 aliphatic heterocycles. The van der Waals surface area contributed by atoms with E-state index in [0.29, 0.717) is 5.82 Å². The van der Waals surface area contributed by atoms with Crippen molar-refractivity contribution in [3.05, 3.63) is 28.4 Å². The van der Waals surface area contributed by atoms with Crippen LogP contribution in [-0.4, -0.2) is 27.4 Å². The van der Waals surface area contributed by atoms with Gasteiger partial charge in [-0.05, 0) is 33.8 Å². The first-order valence-corrected chi connectivity index (χ1v) is 5.88. The molecule has 0 radical (unpaired) electrons. The van der Waals surface area contributed by atoms with Gasteiger partial charge >= 0.3 is 0 Å². The molecule has 0 fully saturated rings. The molecular formula is C12H18N4O3. The van der Waals surface area contributed by atoms with Gasteiger partial charge in [-0.25, -0.2) is 4.98 Å². The Kier molecular flexibility index (Phi) is 4.42. The lowest BCUT2D eigenvalue weighted by Gasteiger charge is -2.23. The molecule has 1 aromatic rings. The molecule has 1 unspecified atom stereocenters. The number of rotatable bonds is 4. The highest BCUT2D eigenvalue weighted by Crippen LogP contribution is 2.12. The maximum Gasteiger partial charge on any atom is 0.287 e. The van der Waals surface area contributed by atoms with Crippen LogP contribution in [0.5, 0.6) is 0 Å². The number of nitrogens with one attached hydrogen (secondary N) is 2. The first kappa shape index (κ1) is 14.9. The van der Waals surface area contributed by atoms with Crippen molar-refractivity contribution >= 4 is 17.4 Å². The number of nitro groups is 1. The summed E-state index contributed by atoms with van der Waals surface area (Å²) in [6.07, 6.45) is 1.15. The number of hydrogen-bond donors (Lipinski definition) is 2. The van der Waals surface area contributed by atoms with Gasteiger partial charge in [-0.3, -0.25) is 14.9 Å². The highest BCUT2D eigenvalue weighted by molar-refractivity contribution is 5.84. The first-order chi connectivity index (χ1) is 8.69. The fourth-order valence-corrected chi connectivity index (χ4v) is 1.34. The molecule has 1 heterocycles. The largest absolute Gasteiger partial charge is 0.359 e. The van der Waals surface area contributed by atoms with Crippen molar-refractivity contribution in [3.8, 4) is 0 Å². The fourth-order valence-electron chi connectivity index (χ4n) is 1.34. The van der Waals surface area contributed by atoms with Gasteiger partial charge in [-0.1, -0.05) is 0 Å². The molecule has 7 heteroatoms. The molecule has 0 aliphatic rings. The second kappa shape index (κ2) is 5.64. The highest BCUT2D eigenvalue weighted by atomic mass is 16.6. The van der Waals surface area contributed by atoms with Gasteiger partial charge in [-0.2, -0.15) is 0 Å². The van der Waals surface area contributed by atoms with Crippen LogP contribution in [0.3, 0.4) is 0 Å². The predicted molar refractivity (Wildman–Crippen MR) is 71.9 cm³/mol. The second-order valence-corrected chi connectivity index (χ2v) is 5.26. The molecule has 0 spiro atoms. The molecule has 1 amide bonds. The smallest absolute Gasteiger partial charge is 0.287 e. The zero-order valence-corrected chi connectivity index (χ0v) is 11.4. The van der Waals surface area contributed by atoms with Crippen LogP contribution in [0.2, 0.25) is 0 Å². The van der Waals surface area contributed by atoms with E-state index in [4.69, 9.17) is 0 Å². The summed E-state index contributed by atoms with van der Waals surface area (Å²) in [7, 11) is 0. The summed E-state index contributed by atoms with van der Waals surface area (Å²) < 4.78 is 0. The van der Waals surface area contributed by atoms with Crippen LogP contribution in [0.1, 0.15) is 27.7 Å². The van der Waals surface area contributed by atoms with Gasteiger partial charge in [0.2, 0.25) is 5.91 Å². The Balaban J connectivity index is 2.64. The summed E-state index contributed by atoms with van der Waals surface area (Å²) in [4.78, 5) is 25.7. The van der Waals surface area contributed by atoms with Crippen molar-refractivity contribution in [1.29, 1.82) is 0 Å². The average molecular weight is 266 g/mol. The van der Waals surface area contributed by atoms with E-state index in [-0.39, 0.29) is 17.1 Å². The van der Waals surface area contributed by atoms with Crippen LogP contribution >= 0.6 is 0 Å². The number of anilines is 1. The van der Waals surface area contributed by atoms with Gasteiger partial charge in [0.15, 0.2) is 0 Å². The standard InChI is InChI=1S/C12H18N4O3/c1-8(11(17)15-12(2,3)4)14-10-6-5-9(7-13-10)16(18)19/h5-8H,1-4H3,(H,13,14)(H,15,17). The predicted octanol–water partition coefficient (Wildman–Crippen LogP) is 1.70. The topological polar surface area (TPSA) is 97.2 Å². The molecule has 1 rings (SSSR count). The minimum Gasteiger partial charge on any atom is -0.359 e. The molecule has 1 aromatic heterocycles. The highest BCUT2D eigenvalue weighted by Gasteiger charge is 2.19. The maximum absolute atomic E-state index is 11.8. The van der Waals surface area contributed by atoms with Crippen LogP contribution in [-0.2, 0) is 4.79 Å². The van der Waals surface area contributed by atoms with Crippen LogP contribution in [0, 0.1) is 10.1 Å². The maximum atomic E-state index is 11.8. The number of pyridine rings is 1. The van der Waals surface area contributed by atoms with E-state index in [1.807, 2.05) is 20.8 Å². The van der Waals surface area contributed by atoms with E-state index in [1.165, 1.54) is 12.1 Å². The Hall–Kier alpha value is -2.18. The molecule has 0 aliphatic carbocycles. The van der Waals surface area contributed by atoms with Crippen molar-refractivity contribution < 1.29 is 9.72 Å². The number of hydrogen-bond acceptors (Lipinski definition) is 5. The summed E-state index contributed by atoms with van der Waals surface area (Å²) in [6.45, 7) is 7.37. The van der Waals surface area contributed by atoms with Gasteiger partial charge in [0.05, 0.1) is 4.92 Å². The van der Waals surface area contributed by atoms with E-state index in [9.17, 15) is 14.9 Å². The normalized spacial score (nSPS) is 12.6. The lowest BCUT2D eigenvalue weighted by molar-refractivity contribution is -0.385. The molecule has 7 nitrogen and oxygen atoms in total. The number of aromatic nitrogens is 1.